The molecule has 1 aromatic carbocycles. The summed E-state index contributed by atoms with van der Waals surface area (Å²) in [5, 5.41) is 9.19. The second-order valence-electron chi connectivity index (χ2n) is 5.47. The van der Waals surface area contributed by atoms with Crippen LogP contribution in [0.4, 0.5) is 4.39 Å². The standard InChI is InChI=1S/C14H19ClFNO3S/c1-17(8-10-4-2-3-5-10)21(19,20)13-7-12(15)6-11(9-18)14(13)16/h6-7,10,18H,2-5,8-9H2,1H3. The summed E-state index contributed by atoms with van der Waals surface area (Å²) in [6.45, 7) is -0.218. The summed E-state index contributed by atoms with van der Waals surface area (Å²) >= 11 is 5.82. The van der Waals surface area contributed by atoms with Crippen molar-refractivity contribution in [1.29, 1.82) is 0 Å². The first kappa shape index (κ1) is 16.7. The second-order valence-corrected chi connectivity index (χ2v) is 7.92. The van der Waals surface area contributed by atoms with Gasteiger partial charge in [-0.1, -0.05) is 24.4 Å². The predicted octanol–water partition coefficient (Wildman–Crippen LogP) is 2.78. The highest BCUT2D eigenvalue weighted by Crippen LogP contribution is 2.29. The fraction of sp³-hybridized carbons (Fsp3) is 0.571. The molecule has 2 rings (SSSR count). The van der Waals surface area contributed by atoms with E-state index < -0.39 is 27.3 Å². The summed E-state index contributed by atoms with van der Waals surface area (Å²) in [5.41, 5.74) is -0.115. The van der Waals surface area contributed by atoms with Crippen molar-refractivity contribution in [2.45, 2.75) is 37.2 Å². The Balaban J connectivity index is 2.32. The number of sulfonamides is 1. The second kappa shape index (κ2) is 6.60. The molecule has 1 N–H and O–H groups in total. The molecule has 4 nitrogen and oxygen atoms in total. The highest BCUT2D eigenvalue weighted by molar-refractivity contribution is 7.89. The van der Waals surface area contributed by atoms with Gasteiger partial charge < -0.3 is 5.11 Å². The number of benzene rings is 1. The minimum Gasteiger partial charge on any atom is -0.392 e. The van der Waals surface area contributed by atoms with Crippen LogP contribution in [0.5, 0.6) is 0 Å². The normalized spacial score (nSPS) is 16.8. The lowest BCUT2D eigenvalue weighted by molar-refractivity contribution is 0.274. The third-order valence-electron chi connectivity index (χ3n) is 3.93. The average molecular weight is 336 g/mol. The Kier molecular flexibility index (Phi) is 5.24. The Morgan fingerprint density at radius 3 is 2.57 bits per heavy atom. The van der Waals surface area contributed by atoms with E-state index in [1.807, 2.05) is 0 Å². The molecule has 0 saturated heterocycles. The van der Waals surface area contributed by atoms with Gasteiger partial charge in [0.05, 0.1) is 6.61 Å². The number of aliphatic hydroxyl groups is 1. The van der Waals surface area contributed by atoms with Crippen molar-refractivity contribution in [3.05, 3.63) is 28.5 Å². The molecule has 1 aliphatic carbocycles. The summed E-state index contributed by atoms with van der Waals surface area (Å²) in [6, 6.07) is 2.32. The van der Waals surface area contributed by atoms with E-state index in [9.17, 15) is 12.8 Å². The van der Waals surface area contributed by atoms with Gasteiger partial charge in [-0.2, -0.15) is 0 Å². The first-order valence-corrected chi connectivity index (χ1v) is 8.73. The highest BCUT2D eigenvalue weighted by atomic mass is 35.5. The van der Waals surface area contributed by atoms with E-state index in [4.69, 9.17) is 16.7 Å². The number of aliphatic hydroxyl groups excluding tert-OH is 1. The molecular weight excluding hydrogens is 317 g/mol. The molecular formula is C14H19ClFNO3S. The lowest BCUT2D eigenvalue weighted by Crippen LogP contribution is -2.32. The Hall–Kier alpha value is -0.690. The van der Waals surface area contributed by atoms with Crippen molar-refractivity contribution in [3.8, 4) is 0 Å². The first-order valence-electron chi connectivity index (χ1n) is 6.91. The Bertz CT molecular complexity index is 615. The first-order chi connectivity index (χ1) is 9.86. The third kappa shape index (κ3) is 3.56. The predicted molar refractivity (Wildman–Crippen MR) is 79.1 cm³/mol. The maximum Gasteiger partial charge on any atom is 0.245 e. The Morgan fingerprint density at radius 1 is 1.38 bits per heavy atom. The van der Waals surface area contributed by atoms with Gasteiger partial charge in [0.2, 0.25) is 10.0 Å². The molecule has 0 unspecified atom stereocenters. The Morgan fingerprint density at radius 2 is 2.00 bits per heavy atom. The number of nitrogens with zero attached hydrogens (tertiary/aromatic N) is 1. The molecule has 0 radical (unpaired) electrons. The minimum atomic E-state index is -3.95. The van der Waals surface area contributed by atoms with Crippen molar-refractivity contribution in [1.82, 2.24) is 4.31 Å². The molecule has 118 valence electrons. The molecule has 0 aromatic heterocycles. The van der Waals surface area contributed by atoms with Crippen LogP contribution >= 0.6 is 11.6 Å². The van der Waals surface area contributed by atoms with Gasteiger partial charge in [0.1, 0.15) is 10.7 Å². The minimum absolute atomic E-state index is 0.0910. The number of hydrogen-bond donors (Lipinski definition) is 1. The van der Waals surface area contributed by atoms with Crippen molar-refractivity contribution in [2.75, 3.05) is 13.6 Å². The SMILES string of the molecule is CN(CC1CCCC1)S(=O)(=O)c1cc(Cl)cc(CO)c1F. The van der Waals surface area contributed by atoms with Gasteiger partial charge >= 0.3 is 0 Å². The zero-order chi connectivity index (χ0) is 15.6. The largest absolute Gasteiger partial charge is 0.392 e. The van der Waals surface area contributed by atoms with E-state index in [1.54, 1.807) is 0 Å². The highest BCUT2D eigenvalue weighted by Gasteiger charge is 2.29. The van der Waals surface area contributed by atoms with Crippen LogP contribution in [0.1, 0.15) is 31.2 Å². The summed E-state index contributed by atoms with van der Waals surface area (Å²) < 4.78 is 40.4. The van der Waals surface area contributed by atoms with E-state index in [1.165, 1.54) is 17.4 Å². The van der Waals surface area contributed by atoms with Crippen LogP contribution in [0.15, 0.2) is 17.0 Å². The monoisotopic (exact) mass is 335 g/mol. The third-order valence-corrected chi connectivity index (χ3v) is 5.97. The maximum atomic E-state index is 14.2. The molecule has 0 aliphatic heterocycles. The van der Waals surface area contributed by atoms with Gasteiger partial charge in [-0.15, -0.1) is 0 Å². The van der Waals surface area contributed by atoms with Gasteiger partial charge in [-0.25, -0.2) is 17.1 Å². The molecule has 21 heavy (non-hydrogen) atoms. The van der Waals surface area contributed by atoms with E-state index in [2.05, 4.69) is 0 Å². The van der Waals surface area contributed by atoms with Crippen molar-refractivity contribution in [3.63, 3.8) is 0 Å². The molecule has 7 heteroatoms. The van der Waals surface area contributed by atoms with Crippen molar-refractivity contribution >= 4 is 21.6 Å². The van der Waals surface area contributed by atoms with Crippen LogP contribution < -0.4 is 0 Å². The fourth-order valence-electron chi connectivity index (χ4n) is 2.74. The molecule has 0 heterocycles. The number of hydrogen-bond acceptors (Lipinski definition) is 3. The van der Waals surface area contributed by atoms with Gasteiger partial charge in [0.25, 0.3) is 0 Å². The summed E-state index contributed by atoms with van der Waals surface area (Å²) in [6.07, 6.45) is 4.22. The molecule has 1 fully saturated rings. The van der Waals surface area contributed by atoms with Gasteiger partial charge in [0.15, 0.2) is 0 Å². The van der Waals surface area contributed by atoms with E-state index in [0.717, 1.165) is 31.7 Å². The van der Waals surface area contributed by atoms with E-state index in [-0.39, 0.29) is 10.6 Å². The molecule has 0 amide bonds. The molecule has 0 spiro atoms. The van der Waals surface area contributed by atoms with Crippen molar-refractivity contribution in [2.24, 2.45) is 5.92 Å². The average Bonchev–Trinajstić information content (AvgIpc) is 2.93. The lowest BCUT2D eigenvalue weighted by atomic mass is 10.1. The fourth-order valence-corrected chi connectivity index (χ4v) is 4.43. The summed E-state index contributed by atoms with van der Waals surface area (Å²) in [4.78, 5) is -0.473. The summed E-state index contributed by atoms with van der Waals surface area (Å²) in [5.74, 6) is -0.607. The molecule has 1 aromatic rings. The van der Waals surface area contributed by atoms with Crippen LogP contribution in [0, 0.1) is 11.7 Å². The number of rotatable bonds is 5. The summed E-state index contributed by atoms with van der Waals surface area (Å²) in [7, 11) is -2.50. The topological polar surface area (TPSA) is 57.6 Å². The van der Waals surface area contributed by atoms with Crippen LogP contribution in [-0.2, 0) is 16.6 Å². The molecule has 1 saturated carbocycles. The van der Waals surface area contributed by atoms with Crippen molar-refractivity contribution < 1.29 is 17.9 Å². The molecule has 1 aliphatic rings. The van der Waals surface area contributed by atoms with Crippen LogP contribution in [0.25, 0.3) is 0 Å². The smallest absolute Gasteiger partial charge is 0.245 e. The molecule has 0 bridgehead atoms. The van der Waals surface area contributed by atoms with Crippen LogP contribution in [0.3, 0.4) is 0 Å². The lowest BCUT2D eigenvalue weighted by Gasteiger charge is -2.21. The zero-order valence-electron chi connectivity index (χ0n) is 11.8. The van der Waals surface area contributed by atoms with Gasteiger partial charge in [-0.05, 0) is 30.9 Å². The zero-order valence-corrected chi connectivity index (χ0v) is 13.4. The van der Waals surface area contributed by atoms with E-state index in [0.29, 0.717) is 12.5 Å². The quantitative estimate of drug-likeness (QED) is 0.900. The van der Waals surface area contributed by atoms with Crippen LogP contribution in [-0.4, -0.2) is 31.4 Å². The number of halogens is 2. The van der Waals surface area contributed by atoms with E-state index >= 15 is 0 Å². The van der Waals surface area contributed by atoms with Gasteiger partial charge in [0, 0.05) is 24.2 Å². The maximum absolute atomic E-state index is 14.2. The Labute approximate surface area is 129 Å². The molecule has 0 atom stereocenters. The van der Waals surface area contributed by atoms with Gasteiger partial charge in [-0.3, -0.25) is 0 Å². The van der Waals surface area contributed by atoms with Crippen LogP contribution in [0.2, 0.25) is 5.02 Å².